The number of nitrogens with one attached hydrogen (secondary N) is 2. The lowest BCUT2D eigenvalue weighted by Crippen LogP contribution is -2.35. The minimum absolute atomic E-state index is 0.198. The van der Waals surface area contributed by atoms with E-state index >= 15 is 0 Å². The number of aromatic nitrogens is 1. The maximum absolute atomic E-state index is 12.1. The van der Waals surface area contributed by atoms with Gasteiger partial charge in [0.25, 0.3) is 0 Å². The van der Waals surface area contributed by atoms with Crippen LogP contribution < -0.4 is 15.4 Å². The number of pyridine rings is 1. The molecule has 126 valence electrons. The van der Waals surface area contributed by atoms with Crippen LogP contribution in [0.2, 0.25) is 0 Å². The Labute approximate surface area is 144 Å². The van der Waals surface area contributed by atoms with Crippen molar-refractivity contribution in [2.75, 3.05) is 12.4 Å². The first-order chi connectivity index (χ1) is 12.2. The standard InChI is InChI=1S/C19H17N3O3/c1-25-16-10-3-2-6-14(16)12-21-18(23)19(24)22-15-9-4-7-13-8-5-11-20-17(13)15/h2-11H,12H2,1H3,(H,21,23)(H,22,24). The summed E-state index contributed by atoms with van der Waals surface area (Å²) in [6, 6.07) is 16.4. The van der Waals surface area contributed by atoms with Crippen molar-refractivity contribution in [3.8, 4) is 5.75 Å². The van der Waals surface area contributed by atoms with Crippen LogP contribution in [0.15, 0.2) is 60.8 Å². The van der Waals surface area contributed by atoms with Gasteiger partial charge in [0.2, 0.25) is 0 Å². The van der Waals surface area contributed by atoms with Gasteiger partial charge in [0, 0.05) is 23.7 Å². The van der Waals surface area contributed by atoms with Crippen LogP contribution in [-0.2, 0) is 16.1 Å². The fraction of sp³-hybridized carbons (Fsp3) is 0.105. The molecule has 25 heavy (non-hydrogen) atoms. The third-order valence-electron chi connectivity index (χ3n) is 3.72. The van der Waals surface area contributed by atoms with Gasteiger partial charge in [-0.25, -0.2) is 0 Å². The molecule has 3 aromatic rings. The number of fused-ring (bicyclic) bond motifs is 1. The smallest absolute Gasteiger partial charge is 0.313 e. The van der Waals surface area contributed by atoms with E-state index in [1.807, 2.05) is 36.4 Å². The van der Waals surface area contributed by atoms with E-state index in [9.17, 15) is 9.59 Å². The molecule has 2 N–H and O–H groups in total. The number of hydrogen-bond acceptors (Lipinski definition) is 4. The Morgan fingerprint density at radius 2 is 1.80 bits per heavy atom. The Bertz CT molecular complexity index is 919. The van der Waals surface area contributed by atoms with E-state index in [0.717, 1.165) is 10.9 Å². The highest BCUT2D eigenvalue weighted by molar-refractivity contribution is 6.40. The fourth-order valence-corrected chi connectivity index (χ4v) is 2.49. The number of anilines is 1. The second kappa shape index (κ2) is 7.44. The van der Waals surface area contributed by atoms with Crippen molar-refractivity contribution in [1.82, 2.24) is 10.3 Å². The van der Waals surface area contributed by atoms with Gasteiger partial charge in [-0.05, 0) is 18.2 Å². The largest absolute Gasteiger partial charge is 0.496 e. The van der Waals surface area contributed by atoms with Gasteiger partial charge in [0.1, 0.15) is 5.75 Å². The number of carbonyl (C=O) groups excluding carboxylic acids is 2. The maximum atomic E-state index is 12.1. The Hall–Kier alpha value is -3.41. The zero-order chi connectivity index (χ0) is 17.6. The zero-order valence-corrected chi connectivity index (χ0v) is 13.7. The molecule has 0 spiro atoms. The summed E-state index contributed by atoms with van der Waals surface area (Å²) in [7, 11) is 1.56. The molecule has 0 unspecified atom stereocenters. The van der Waals surface area contributed by atoms with E-state index in [2.05, 4.69) is 15.6 Å². The minimum atomic E-state index is -0.743. The fourth-order valence-electron chi connectivity index (χ4n) is 2.49. The number of benzene rings is 2. The van der Waals surface area contributed by atoms with Crippen LogP contribution in [0.5, 0.6) is 5.75 Å². The van der Waals surface area contributed by atoms with Crippen LogP contribution in [0.4, 0.5) is 5.69 Å². The Kier molecular flexibility index (Phi) is 4.89. The van der Waals surface area contributed by atoms with Crippen LogP contribution in [0, 0.1) is 0 Å². The summed E-state index contributed by atoms with van der Waals surface area (Å²) in [4.78, 5) is 28.5. The van der Waals surface area contributed by atoms with E-state index in [4.69, 9.17) is 4.74 Å². The molecule has 2 amide bonds. The molecule has 1 heterocycles. The normalized spacial score (nSPS) is 10.3. The quantitative estimate of drug-likeness (QED) is 0.718. The summed E-state index contributed by atoms with van der Waals surface area (Å²) < 4.78 is 5.22. The molecule has 0 atom stereocenters. The topological polar surface area (TPSA) is 80.3 Å². The van der Waals surface area contributed by atoms with Gasteiger partial charge in [0.15, 0.2) is 0 Å². The lowest BCUT2D eigenvalue weighted by molar-refractivity contribution is -0.136. The average molecular weight is 335 g/mol. The molecule has 0 aliphatic carbocycles. The molecule has 2 aromatic carbocycles. The number of nitrogens with zero attached hydrogens (tertiary/aromatic N) is 1. The number of ether oxygens (including phenoxy) is 1. The van der Waals surface area contributed by atoms with Gasteiger partial charge >= 0.3 is 11.8 Å². The molecule has 0 fully saturated rings. The summed E-state index contributed by atoms with van der Waals surface area (Å²) in [5, 5.41) is 6.08. The third kappa shape index (κ3) is 3.74. The molecular weight excluding hydrogens is 318 g/mol. The van der Waals surface area contributed by atoms with E-state index < -0.39 is 11.8 Å². The summed E-state index contributed by atoms with van der Waals surface area (Å²) in [5.74, 6) is -0.812. The highest BCUT2D eigenvalue weighted by Crippen LogP contribution is 2.20. The van der Waals surface area contributed by atoms with Gasteiger partial charge < -0.3 is 15.4 Å². The Morgan fingerprint density at radius 3 is 2.64 bits per heavy atom. The third-order valence-corrected chi connectivity index (χ3v) is 3.72. The highest BCUT2D eigenvalue weighted by atomic mass is 16.5. The molecule has 0 bridgehead atoms. The van der Waals surface area contributed by atoms with Gasteiger partial charge in [-0.2, -0.15) is 0 Å². The summed E-state index contributed by atoms with van der Waals surface area (Å²) in [6.45, 7) is 0.198. The molecule has 3 rings (SSSR count). The van der Waals surface area contributed by atoms with Crippen LogP contribution in [-0.4, -0.2) is 23.9 Å². The molecule has 0 aliphatic rings. The molecule has 0 saturated carbocycles. The predicted octanol–water partition coefficient (Wildman–Crippen LogP) is 2.50. The number of rotatable bonds is 4. The maximum Gasteiger partial charge on any atom is 0.313 e. The minimum Gasteiger partial charge on any atom is -0.496 e. The number of para-hydroxylation sites is 2. The van der Waals surface area contributed by atoms with Gasteiger partial charge in [-0.3, -0.25) is 14.6 Å². The molecule has 1 aromatic heterocycles. The average Bonchev–Trinajstić information content (AvgIpc) is 2.66. The number of amides is 2. The van der Waals surface area contributed by atoms with Gasteiger partial charge in [-0.15, -0.1) is 0 Å². The van der Waals surface area contributed by atoms with E-state index in [1.54, 1.807) is 31.5 Å². The summed E-state index contributed by atoms with van der Waals surface area (Å²) in [5.41, 5.74) is 1.92. The first kappa shape index (κ1) is 16.4. The second-order valence-electron chi connectivity index (χ2n) is 5.33. The Morgan fingerprint density at radius 1 is 1.00 bits per heavy atom. The summed E-state index contributed by atoms with van der Waals surface area (Å²) in [6.07, 6.45) is 1.64. The van der Waals surface area contributed by atoms with Crippen LogP contribution >= 0.6 is 0 Å². The van der Waals surface area contributed by atoms with Crippen LogP contribution in [0.25, 0.3) is 10.9 Å². The lowest BCUT2D eigenvalue weighted by Gasteiger charge is -2.10. The molecular formula is C19H17N3O3. The molecule has 0 saturated heterocycles. The zero-order valence-electron chi connectivity index (χ0n) is 13.7. The first-order valence-electron chi connectivity index (χ1n) is 7.74. The van der Waals surface area contributed by atoms with Crippen molar-refractivity contribution in [2.45, 2.75) is 6.54 Å². The second-order valence-corrected chi connectivity index (χ2v) is 5.33. The van der Waals surface area contributed by atoms with Crippen molar-refractivity contribution >= 4 is 28.4 Å². The monoisotopic (exact) mass is 335 g/mol. The first-order valence-corrected chi connectivity index (χ1v) is 7.74. The van der Waals surface area contributed by atoms with Gasteiger partial charge in [0.05, 0.1) is 18.3 Å². The highest BCUT2D eigenvalue weighted by Gasteiger charge is 2.15. The number of carbonyl (C=O) groups is 2. The molecule has 6 nitrogen and oxygen atoms in total. The molecule has 6 heteroatoms. The van der Waals surface area contributed by atoms with E-state index in [1.165, 1.54) is 0 Å². The molecule has 0 aliphatic heterocycles. The van der Waals surface area contributed by atoms with Crippen molar-refractivity contribution in [3.63, 3.8) is 0 Å². The number of hydrogen-bond donors (Lipinski definition) is 2. The Balaban J connectivity index is 1.67. The van der Waals surface area contributed by atoms with Crippen LogP contribution in [0.1, 0.15) is 5.56 Å². The van der Waals surface area contributed by atoms with Crippen molar-refractivity contribution in [2.24, 2.45) is 0 Å². The van der Waals surface area contributed by atoms with Crippen molar-refractivity contribution < 1.29 is 14.3 Å². The molecule has 0 radical (unpaired) electrons. The van der Waals surface area contributed by atoms with E-state index in [0.29, 0.717) is 17.0 Å². The van der Waals surface area contributed by atoms with Crippen molar-refractivity contribution in [1.29, 1.82) is 0 Å². The lowest BCUT2D eigenvalue weighted by atomic mass is 10.2. The summed E-state index contributed by atoms with van der Waals surface area (Å²) >= 11 is 0. The van der Waals surface area contributed by atoms with E-state index in [-0.39, 0.29) is 6.54 Å². The van der Waals surface area contributed by atoms with Gasteiger partial charge in [-0.1, -0.05) is 36.4 Å². The SMILES string of the molecule is COc1ccccc1CNC(=O)C(=O)Nc1cccc2cccnc12. The predicted molar refractivity (Wildman–Crippen MR) is 95.2 cm³/mol. The number of methoxy groups -OCH3 is 1. The van der Waals surface area contributed by atoms with Crippen LogP contribution in [0.3, 0.4) is 0 Å². The van der Waals surface area contributed by atoms with Crippen molar-refractivity contribution in [3.05, 3.63) is 66.4 Å².